The molecule has 1 aromatic rings. The number of carbonyl (C=O) groups is 1. The summed E-state index contributed by atoms with van der Waals surface area (Å²) in [6, 6.07) is 6.18. The first-order valence-electron chi connectivity index (χ1n) is 7.32. The van der Waals surface area contributed by atoms with Crippen molar-refractivity contribution >= 4 is 5.91 Å². The Hall–Kier alpha value is -1.55. The van der Waals surface area contributed by atoms with Crippen LogP contribution in [0.5, 0.6) is 5.75 Å². The van der Waals surface area contributed by atoms with Crippen molar-refractivity contribution in [2.75, 3.05) is 20.7 Å². The maximum Gasteiger partial charge on any atom is 0.222 e. The summed E-state index contributed by atoms with van der Waals surface area (Å²) >= 11 is 0. The van der Waals surface area contributed by atoms with Gasteiger partial charge in [-0.15, -0.1) is 0 Å². The van der Waals surface area contributed by atoms with Gasteiger partial charge >= 0.3 is 0 Å². The van der Waals surface area contributed by atoms with Crippen molar-refractivity contribution in [2.24, 2.45) is 0 Å². The quantitative estimate of drug-likeness (QED) is 0.897. The SMILES string of the molecule is CNCc1ccc(OC)c(CN2CCCCCC2=O)c1. The minimum Gasteiger partial charge on any atom is -0.496 e. The van der Waals surface area contributed by atoms with Crippen LogP contribution in [0.2, 0.25) is 0 Å². The molecule has 110 valence electrons. The molecular weight excluding hydrogens is 252 g/mol. The average molecular weight is 276 g/mol. The highest BCUT2D eigenvalue weighted by atomic mass is 16.5. The van der Waals surface area contributed by atoms with Gasteiger partial charge in [-0.2, -0.15) is 0 Å². The highest BCUT2D eigenvalue weighted by Crippen LogP contribution is 2.23. The zero-order chi connectivity index (χ0) is 14.4. The zero-order valence-corrected chi connectivity index (χ0v) is 12.4. The summed E-state index contributed by atoms with van der Waals surface area (Å²) in [5, 5.41) is 3.15. The lowest BCUT2D eigenvalue weighted by atomic mass is 10.1. The van der Waals surface area contributed by atoms with Gasteiger partial charge in [-0.1, -0.05) is 12.5 Å². The van der Waals surface area contributed by atoms with E-state index in [-0.39, 0.29) is 5.91 Å². The molecule has 0 aliphatic carbocycles. The normalized spacial score (nSPS) is 16.1. The number of likely N-dealkylation sites (tertiary alicyclic amines) is 1. The van der Waals surface area contributed by atoms with Crippen LogP contribution in [-0.4, -0.2) is 31.5 Å². The van der Waals surface area contributed by atoms with Gasteiger partial charge < -0.3 is 15.0 Å². The molecule has 0 bridgehead atoms. The Morgan fingerprint density at radius 1 is 1.30 bits per heavy atom. The van der Waals surface area contributed by atoms with E-state index in [1.54, 1.807) is 7.11 Å². The van der Waals surface area contributed by atoms with Crippen LogP contribution in [0.15, 0.2) is 18.2 Å². The molecule has 1 aliphatic heterocycles. The second-order valence-electron chi connectivity index (χ2n) is 5.30. The molecule has 1 fully saturated rings. The van der Waals surface area contributed by atoms with Crippen LogP contribution in [0.1, 0.15) is 36.8 Å². The molecule has 1 heterocycles. The Morgan fingerprint density at radius 3 is 2.90 bits per heavy atom. The minimum atomic E-state index is 0.267. The first-order valence-corrected chi connectivity index (χ1v) is 7.32. The fourth-order valence-electron chi connectivity index (χ4n) is 2.68. The summed E-state index contributed by atoms with van der Waals surface area (Å²) in [6.45, 7) is 2.34. The molecule has 20 heavy (non-hydrogen) atoms. The predicted octanol–water partition coefficient (Wildman–Crippen LogP) is 2.32. The Bertz CT molecular complexity index is 460. The number of benzene rings is 1. The fourth-order valence-corrected chi connectivity index (χ4v) is 2.68. The Balaban J connectivity index is 2.16. The molecule has 4 heteroatoms. The van der Waals surface area contributed by atoms with E-state index in [1.165, 1.54) is 5.56 Å². The summed E-state index contributed by atoms with van der Waals surface area (Å²) in [4.78, 5) is 14.1. The molecule has 2 rings (SSSR count). The van der Waals surface area contributed by atoms with Crippen molar-refractivity contribution in [3.05, 3.63) is 29.3 Å². The number of amides is 1. The zero-order valence-electron chi connectivity index (χ0n) is 12.4. The first-order chi connectivity index (χ1) is 9.74. The number of carbonyl (C=O) groups excluding carboxylic acids is 1. The van der Waals surface area contributed by atoms with Gasteiger partial charge in [-0.3, -0.25) is 4.79 Å². The van der Waals surface area contributed by atoms with Crippen LogP contribution in [0.3, 0.4) is 0 Å². The molecule has 0 radical (unpaired) electrons. The van der Waals surface area contributed by atoms with E-state index >= 15 is 0 Å². The number of hydrogen-bond acceptors (Lipinski definition) is 3. The second kappa shape index (κ2) is 7.29. The van der Waals surface area contributed by atoms with Crippen molar-refractivity contribution < 1.29 is 9.53 Å². The van der Waals surface area contributed by atoms with Crippen molar-refractivity contribution in [2.45, 2.75) is 38.8 Å². The molecule has 0 atom stereocenters. The maximum atomic E-state index is 12.1. The van der Waals surface area contributed by atoms with E-state index in [0.29, 0.717) is 13.0 Å². The lowest BCUT2D eigenvalue weighted by molar-refractivity contribution is -0.131. The topological polar surface area (TPSA) is 41.6 Å². The van der Waals surface area contributed by atoms with Gasteiger partial charge in [0, 0.05) is 31.6 Å². The monoisotopic (exact) mass is 276 g/mol. The van der Waals surface area contributed by atoms with Gasteiger partial charge in [0.1, 0.15) is 5.75 Å². The molecular formula is C16H24N2O2. The highest BCUT2D eigenvalue weighted by molar-refractivity contribution is 5.76. The molecule has 0 spiro atoms. The number of ether oxygens (including phenoxy) is 1. The molecule has 0 aromatic heterocycles. The lowest BCUT2D eigenvalue weighted by Crippen LogP contribution is -2.29. The third-order valence-electron chi connectivity index (χ3n) is 3.76. The van der Waals surface area contributed by atoms with E-state index in [1.807, 2.05) is 18.0 Å². The largest absolute Gasteiger partial charge is 0.496 e. The highest BCUT2D eigenvalue weighted by Gasteiger charge is 2.18. The molecule has 1 N–H and O–H groups in total. The maximum absolute atomic E-state index is 12.1. The second-order valence-corrected chi connectivity index (χ2v) is 5.30. The summed E-state index contributed by atoms with van der Waals surface area (Å²) in [5.41, 5.74) is 2.31. The van der Waals surface area contributed by atoms with Crippen LogP contribution in [0, 0.1) is 0 Å². The minimum absolute atomic E-state index is 0.267. The van der Waals surface area contributed by atoms with E-state index in [9.17, 15) is 4.79 Å². The number of nitrogens with zero attached hydrogens (tertiary/aromatic N) is 1. The Kier molecular flexibility index (Phi) is 5.41. The predicted molar refractivity (Wildman–Crippen MR) is 79.6 cm³/mol. The molecule has 1 aliphatic rings. The van der Waals surface area contributed by atoms with Gasteiger partial charge in [0.05, 0.1) is 7.11 Å². The van der Waals surface area contributed by atoms with Gasteiger partial charge in [-0.25, -0.2) is 0 Å². The van der Waals surface area contributed by atoms with Crippen LogP contribution in [-0.2, 0) is 17.9 Å². The third kappa shape index (κ3) is 3.73. The van der Waals surface area contributed by atoms with Gasteiger partial charge in [0.25, 0.3) is 0 Å². The van der Waals surface area contributed by atoms with Crippen LogP contribution in [0.4, 0.5) is 0 Å². The fraction of sp³-hybridized carbons (Fsp3) is 0.562. The molecule has 1 saturated heterocycles. The molecule has 1 aromatic carbocycles. The summed E-state index contributed by atoms with van der Waals surface area (Å²) in [5.74, 6) is 1.13. The summed E-state index contributed by atoms with van der Waals surface area (Å²) in [7, 11) is 3.61. The van der Waals surface area contributed by atoms with Gasteiger partial charge in [0.2, 0.25) is 5.91 Å². The van der Waals surface area contributed by atoms with Crippen LogP contribution < -0.4 is 10.1 Å². The van der Waals surface area contributed by atoms with E-state index in [4.69, 9.17) is 4.74 Å². The molecule has 4 nitrogen and oxygen atoms in total. The third-order valence-corrected chi connectivity index (χ3v) is 3.76. The molecule has 1 amide bonds. The summed E-state index contributed by atoms with van der Waals surface area (Å²) in [6.07, 6.45) is 3.95. The van der Waals surface area contributed by atoms with E-state index in [0.717, 1.165) is 43.7 Å². The van der Waals surface area contributed by atoms with E-state index in [2.05, 4.69) is 17.4 Å². The Morgan fingerprint density at radius 2 is 2.15 bits per heavy atom. The number of rotatable bonds is 5. The molecule has 0 saturated carbocycles. The number of hydrogen-bond donors (Lipinski definition) is 1. The van der Waals surface area contributed by atoms with Crippen molar-refractivity contribution in [3.8, 4) is 5.75 Å². The first kappa shape index (κ1) is 14.9. The standard InChI is InChI=1S/C16H24N2O2/c1-17-11-13-7-8-15(20-2)14(10-13)12-18-9-5-3-4-6-16(18)19/h7-8,10,17H,3-6,9,11-12H2,1-2H3. The smallest absolute Gasteiger partial charge is 0.222 e. The Labute approximate surface area is 121 Å². The van der Waals surface area contributed by atoms with Crippen molar-refractivity contribution in [3.63, 3.8) is 0 Å². The summed E-state index contributed by atoms with van der Waals surface area (Å²) < 4.78 is 5.43. The van der Waals surface area contributed by atoms with Gasteiger partial charge in [-0.05, 0) is 37.6 Å². The van der Waals surface area contributed by atoms with E-state index < -0.39 is 0 Å². The lowest BCUT2D eigenvalue weighted by Gasteiger charge is -2.22. The van der Waals surface area contributed by atoms with Crippen molar-refractivity contribution in [1.82, 2.24) is 10.2 Å². The number of nitrogens with one attached hydrogen (secondary N) is 1. The average Bonchev–Trinajstić information content (AvgIpc) is 2.65. The van der Waals surface area contributed by atoms with Crippen molar-refractivity contribution in [1.29, 1.82) is 0 Å². The number of methoxy groups -OCH3 is 1. The molecule has 0 unspecified atom stereocenters. The van der Waals surface area contributed by atoms with Crippen LogP contribution >= 0.6 is 0 Å². The van der Waals surface area contributed by atoms with Gasteiger partial charge in [0.15, 0.2) is 0 Å². The van der Waals surface area contributed by atoms with Crippen LogP contribution in [0.25, 0.3) is 0 Å².